The third kappa shape index (κ3) is 5.04. The van der Waals surface area contributed by atoms with Gasteiger partial charge in [-0.1, -0.05) is 34.8 Å². The van der Waals surface area contributed by atoms with Gasteiger partial charge < -0.3 is 9.84 Å². The molecule has 144 valence electrons. The molecule has 2 rings (SSSR count). The Bertz CT molecular complexity index is 891. The lowest BCUT2D eigenvalue weighted by atomic mass is 10.1. The number of hydrogen-bond acceptors (Lipinski definition) is 5. The highest BCUT2D eigenvalue weighted by Gasteiger charge is 2.32. The van der Waals surface area contributed by atoms with Crippen molar-refractivity contribution in [1.29, 1.82) is 0 Å². The van der Waals surface area contributed by atoms with Gasteiger partial charge in [0, 0.05) is 4.88 Å². The van der Waals surface area contributed by atoms with Gasteiger partial charge in [-0.05, 0) is 42.3 Å². The van der Waals surface area contributed by atoms with Crippen molar-refractivity contribution >= 4 is 69.0 Å². The second-order valence-electron chi connectivity index (χ2n) is 5.20. The average Bonchev–Trinajstić information content (AvgIpc) is 2.90. The van der Waals surface area contributed by atoms with E-state index >= 15 is 0 Å². The first-order valence-electron chi connectivity index (χ1n) is 7.24. The summed E-state index contributed by atoms with van der Waals surface area (Å²) in [5.41, 5.74) is 1.11. The van der Waals surface area contributed by atoms with Crippen LogP contribution < -0.4 is 15.4 Å². The number of aromatic carboxylic acids is 1. The summed E-state index contributed by atoms with van der Waals surface area (Å²) in [7, 11) is 1.53. The Morgan fingerprint density at radius 3 is 2.22 bits per heavy atom. The molecule has 0 atom stereocenters. The molecule has 0 aliphatic rings. The molecule has 2 aromatic rings. The van der Waals surface area contributed by atoms with Crippen molar-refractivity contribution in [3.8, 4) is 16.2 Å². The summed E-state index contributed by atoms with van der Waals surface area (Å²) in [4.78, 5) is 35.8. The number of carbonyl (C=O) groups excluding carboxylic acids is 2. The molecule has 1 aromatic carbocycles. The van der Waals surface area contributed by atoms with Crippen LogP contribution in [-0.4, -0.2) is 33.9 Å². The van der Waals surface area contributed by atoms with Crippen molar-refractivity contribution < 1.29 is 24.2 Å². The molecule has 0 saturated carbocycles. The second-order valence-corrected chi connectivity index (χ2v) is 8.50. The number of hydrogen-bond donors (Lipinski definition) is 3. The number of alkyl halides is 3. The first kappa shape index (κ1) is 21.3. The van der Waals surface area contributed by atoms with Crippen LogP contribution in [0.5, 0.6) is 5.75 Å². The molecule has 7 nitrogen and oxygen atoms in total. The van der Waals surface area contributed by atoms with Crippen molar-refractivity contribution in [2.45, 2.75) is 10.7 Å². The van der Waals surface area contributed by atoms with Gasteiger partial charge in [0.15, 0.2) is 0 Å². The summed E-state index contributed by atoms with van der Waals surface area (Å²) in [6, 6.07) is 5.97. The number of carbonyl (C=O) groups is 3. The summed E-state index contributed by atoms with van der Waals surface area (Å²) in [5, 5.41) is 13.7. The third-order valence-corrected chi connectivity index (χ3v) is 5.20. The molecular formula is C16H13Cl3N2O5S. The van der Waals surface area contributed by atoms with Crippen molar-refractivity contribution in [3.05, 3.63) is 35.4 Å². The molecule has 0 fully saturated rings. The van der Waals surface area contributed by atoms with Crippen molar-refractivity contribution in [3.63, 3.8) is 0 Å². The molecule has 1 heterocycles. The van der Waals surface area contributed by atoms with E-state index in [1.807, 2.05) is 5.32 Å². The quantitative estimate of drug-likeness (QED) is 0.596. The monoisotopic (exact) mass is 450 g/mol. The van der Waals surface area contributed by atoms with E-state index in [2.05, 4.69) is 5.32 Å². The van der Waals surface area contributed by atoms with E-state index in [0.717, 1.165) is 16.9 Å². The van der Waals surface area contributed by atoms with Crippen LogP contribution in [0.2, 0.25) is 0 Å². The zero-order valence-electron chi connectivity index (χ0n) is 13.9. The topological polar surface area (TPSA) is 105 Å². The van der Waals surface area contributed by atoms with Crippen LogP contribution in [0.3, 0.4) is 0 Å². The molecule has 0 saturated heterocycles. The fourth-order valence-corrected chi connectivity index (χ4v) is 3.53. The predicted octanol–water partition coefficient (Wildman–Crippen LogP) is 4.45. The largest absolute Gasteiger partial charge is 0.497 e. The van der Waals surface area contributed by atoms with Crippen molar-refractivity contribution in [2.24, 2.45) is 0 Å². The molecule has 0 unspecified atom stereocenters. The number of amides is 3. The first-order valence-corrected chi connectivity index (χ1v) is 9.20. The Balaban J connectivity index is 2.35. The Hall–Kier alpha value is -2.00. The van der Waals surface area contributed by atoms with E-state index in [-0.39, 0.29) is 10.6 Å². The second kappa shape index (κ2) is 8.35. The summed E-state index contributed by atoms with van der Waals surface area (Å²) in [6.45, 7) is 1.62. The molecule has 3 amide bonds. The Labute approximate surface area is 173 Å². The maximum atomic E-state index is 12.0. The van der Waals surface area contributed by atoms with Crippen LogP contribution in [0.15, 0.2) is 24.3 Å². The molecule has 0 radical (unpaired) electrons. The van der Waals surface area contributed by atoms with Crippen molar-refractivity contribution in [2.75, 3.05) is 12.4 Å². The minimum absolute atomic E-state index is 0.0421. The summed E-state index contributed by atoms with van der Waals surface area (Å²) in [6.07, 6.45) is 0. The van der Waals surface area contributed by atoms with E-state index in [1.54, 1.807) is 31.2 Å². The lowest BCUT2D eigenvalue weighted by Gasteiger charge is -2.10. The number of carboxylic acids is 1. The normalized spacial score (nSPS) is 11.0. The van der Waals surface area contributed by atoms with E-state index in [4.69, 9.17) is 39.5 Å². The number of halogens is 3. The van der Waals surface area contributed by atoms with E-state index in [9.17, 15) is 19.5 Å². The van der Waals surface area contributed by atoms with Gasteiger partial charge in [-0.3, -0.25) is 15.4 Å². The zero-order valence-corrected chi connectivity index (χ0v) is 17.0. The van der Waals surface area contributed by atoms with E-state index in [0.29, 0.717) is 16.2 Å². The van der Waals surface area contributed by atoms with Gasteiger partial charge in [0.1, 0.15) is 10.8 Å². The summed E-state index contributed by atoms with van der Waals surface area (Å²) < 4.78 is 2.77. The number of rotatable bonds is 4. The number of ether oxygens (including phenoxy) is 1. The van der Waals surface area contributed by atoms with E-state index < -0.39 is 21.7 Å². The maximum Gasteiger partial charge on any atom is 0.339 e. The van der Waals surface area contributed by atoms with Gasteiger partial charge in [-0.2, -0.15) is 0 Å². The third-order valence-electron chi connectivity index (χ3n) is 3.42. The van der Waals surface area contributed by atoms with Gasteiger partial charge in [0.2, 0.25) is 0 Å². The first-order chi connectivity index (χ1) is 12.5. The molecule has 0 spiro atoms. The fourth-order valence-electron chi connectivity index (χ4n) is 2.19. The Kier molecular flexibility index (Phi) is 6.59. The number of urea groups is 1. The number of benzene rings is 1. The van der Waals surface area contributed by atoms with Crippen LogP contribution in [0, 0.1) is 6.92 Å². The average molecular weight is 452 g/mol. The molecule has 0 aliphatic carbocycles. The molecule has 0 aliphatic heterocycles. The van der Waals surface area contributed by atoms with Gasteiger partial charge in [0.05, 0.1) is 12.7 Å². The fraction of sp³-hybridized carbons (Fsp3) is 0.188. The van der Waals surface area contributed by atoms with Crippen LogP contribution in [0.4, 0.5) is 9.80 Å². The zero-order chi connectivity index (χ0) is 20.4. The number of imide groups is 1. The number of anilines is 1. The van der Waals surface area contributed by atoms with Crippen LogP contribution in [0.1, 0.15) is 15.9 Å². The standard InChI is InChI=1S/C16H13Cl3N2O5S/c1-7-10(13(22)23)12(20-15(25)21-14(24)16(17,18)19)27-11(7)8-3-5-9(26-2)6-4-8/h3-6H,1-2H3,(H,22,23)(H2,20,21,24,25). The SMILES string of the molecule is COc1ccc(-c2sc(NC(=O)NC(=O)C(Cl)(Cl)Cl)c(C(=O)O)c2C)cc1. The summed E-state index contributed by atoms with van der Waals surface area (Å²) in [5.74, 6) is -1.74. The van der Waals surface area contributed by atoms with Gasteiger partial charge in [0.25, 0.3) is 9.70 Å². The summed E-state index contributed by atoms with van der Waals surface area (Å²) >= 11 is 17.2. The number of carboxylic acid groups (broad SMARTS) is 1. The molecule has 1 aromatic heterocycles. The van der Waals surface area contributed by atoms with Crippen molar-refractivity contribution in [1.82, 2.24) is 5.32 Å². The highest BCUT2D eigenvalue weighted by Crippen LogP contribution is 2.40. The Morgan fingerprint density at radius 1 is 1.15 bits per heavy atom. The number of methoxy groups -OCH3 is 1. The smallest absolute Gasteiger partial charge is 0.339 e. The predicted molar refractivity (Wildman–Crippen MR) is 105 cm³/mol. The molecule has 11 heteroatoms. The Morgan fingerprint density at radius 2 is 1.74 bits per heavy atom. The lowest BCUT2D eigenvalue weighted by Crippen LogP contribution is -2.41. The molecule has 0 bridgehead atoms. The number of thiophene rings is 1. The molecular weight excluding hydrogens is 439 g/mol. The van der Waals surface area contributed by atoms with Crippen LogP contribution in [-0.2, 0) is 4.79 Å². The maximum absolute atomic E-state index is 12.0. The lowest BCUT2D eigenvalue weighted by molar-refractivity contribution is -0.119. The van der Waals surface area contributed by atoms with Gasteiger partial charge in [-0.15, -0.1) is 11.3 Å². The number of nitrogens with one attached hydrogen (secondary N) is 2. The van der Waals surface area contributed by atoms with Crippen LogP contribution >= 0.6 is 46.1 Å². The highest BCUT2D eigenvalue weighted by molar-refractivity contribution is 7.20. The molecule has 27 heavy (non-hydrogen) atoms. The highest BCUT2D eigenvalue weighted by atomic mass is 35.6. The van der Waals surface area contributed by atoms with E-state index in [1.165, 1.54) is 7.11 Å². The minimum Gasteiger partial charge on any atom is -0.497 e. The van der Waals surface area contributed by atoms with Gasteiger partial charge in [-0.25, -0.2) is 9.59 Å². The van der Waals surface area contributed by atoms with Gasteiger partial charge >= 0.3 is 12.0 Å². The molecule has 3 N–H and O–H groups in total. The van der Waals surface area contributed by atoms with Crippen LogP contribution in [0.25, 0.3) is 10.4 Å². The minimum atomic E-state index is -2.33.